The van der Waals surface area contributed by atoms with E-state index < -0.39 is 0 Å². The molecule has 0 saturated carbocycles. The molecular formula is C20H32ClN5O2. The van der Waals surface area contributed by atoms with E-state index in [2.05, 4.69) is 34.4 Å². The van der Waals surface area contributed by atoms with Gasteiger partial charge in [-0.1, -0.05) is 25.4 Å². The van der Waals surface area contributed by atoms with Crippen molar-refractivity contribution in [3.8, 4) is 5.75 Å². The predicted molar refractivity (Wildman–Crippen MR) is 116 cm³/mol. The molecule has 1 aromatic carbocycles. The van der Waals surface area contributed by atoms with Crippen molar-refractivity contribution in [2.75, 3.05) is 52.3 Å². The second-order valence-electron chi connectivity index (χ2n) is 7.62. The highest BCUT2D eigenvalue weighted by Gasteiger charge is 2.25. The molecule has 0 aromatic heterocycles. The SMILES string of the molecule is COc1ccc(Cl)cc1N1CCC(NC(=NCC(=O)N(C)C)NCC(C)C)C1. The van der Waals surface area contributed by atoms with Crippen molar-refractivity contribution in [2.24, 2.45) is 10.9 Å². The minimum absolute atomic E-state index is 0.0256. The first-order valence-corrected chi connectivity index (χ1v) is 10.0. The zero-order valence-electron chi connectivity index (χ0n) is 17.5. The highest BCUT2D eigenvalue weighted by atomic mass is 35.5. The molecule has 0 spiro atoms. The molecule has 1 fully saturated rings. The van der Waals surface area contributed by atoms with Crippen LogP contribution in [0, 0.1) is 5.92 Å². The van der Waals surface area contributed by atoms with Gasteiger partial charge in [0.2, 0.25) is 5.91 Å². The third-order valence-electron chi connectivity index (χ3n) is 4.56. The zero-order valence-corrected chi connectivity index (χ0v) is 18.2. The smallest absolute Gasteiger partial charge is 0.243 e. The van der Waals surface area contributed by atoms with Crippen LogP contribution in [0.3, 0.4) is 0 Å². The molecule has 156 valence electrons. The third-order valence-corrected chi connectivity index (χ3v) is 4.79. The van der Waals surface area contributed by atoms with Crippen LogP contribution in [0.4, 0.5) is 5.69 Å². The van der Waals surface area contributed by atoms with Gasteiger partial charge in [0.15, 0.2) is 5.96 Å². The zero-order chi connectivity index (χ0) is 20.7. The van der Waals surface area contributed by atoms with E-state index in [1.165, 1.54) is 0 Å². The van der Waals surface area contributed by atoms with Gasteiger partial charge < -0.3 is 25.2 Å². The molecule has 8 heteroatoms. The Morgan fingerprint density at radius 3 is 2.82 bits per heavy atom. The first-order valence-electron chi connectivity index (χ1n) is 9.63. The van der Waals surface area contributed by atoms with Crippen LogP contribution in [0.15, 0.2) is 23.2 Å². The summed E-state index contributed by atoms with van der Waals surface area (Å²) in [6, 6.07) is 5.88. The topological polar surface area (TPSA) is 69.2 Å². The van der Waals surface area contributed by atoms with E-state index in [9.17, 15) is 4.79 Å². The van der Waals surface area contributed by atoms with Crippen LogP contribution in [0.2, 0.25) is 5.02 Å². The van der Waals surface area contributed by atoms with Crippen LogP contribution < -0.4 is 20.3 Å². The summed E-state index contributed by atoms with van der Waals surface area (Å²) in [5.74, 6) is 1.94. The van der Waals surface area contributed by atoms with Gasteiger partial charge in [-0.3, -0.25) is 4.79 Å². The molecule has 1 saturated heterocycles. The highest BCUT2D eigenvalue weighted by molar-refractivity contribution is 6.30. The molecule has 1 amide bonds. The van der Waals surface area contributed by atoms with E-state index in [1.54, 1.807) is 26.1 Å². The predicted octanol–water partition coefficient (Wildman–Crippen LogP) is 2.21. The second-order valence-corrected chi connectivity index (χ2v) is 8.06. The molecule has 2 rings (SSSR count). The molecule has 0 radical (unpaired) electrons. The van der Waals surface area contributed by atoms with Crippen molar-refractivity contribution in [2.45, 2.75) is 26.3 Å². The number of methoxy groups -OCH3 is 1. The van der Waals surface area contributed by atoms with Crippen molar-refractivity contribution >= 4 is 29.2 Å². The summed E-state index contributed by atoms with van der Waals surface area (Å²) < 4.78 is 5.48. The summed E-state index contributed by atoms with van der Waals surface area (Å²) in [5, 5.41) is 7.49. The van der Waals surface area contributed by atoms with E-state index in [-0.39, 0.29) is 18.5 Å². The Balaban J connectivity index is 2.04. The van der Waals surface area contributed by atoms with Gasteiger partial charge in [0.25, 0.3) is 0 Å². The summed E-state index contributed by atoms with van der Waals surface area (Å²) in [6.07, 6.45) is 0.958. The summed E-state index contributed by atoms with van der Waals surface area (Å²) in [4.78, 5) is 20.2. The quantitative estimate of drug-likeness (QED) is 0.533. The normalized spacial score (nSPS) is 17.0. The van der Waals surface area contributed by atoms with E-state index >= 15 is 0 Å². The molecule has 1 aliphatic heterocycles. The molecule has 28 heavy (non-hydrogen) atoms. The van der Waals surface area contributed by atoms with Gasteiger partial charge in [0.1, 0.15) is 12.3 Å². The first-order chi connectivity index (χ1) is 13.3. The fourth-order valence-electron chi connectivity index (χ4n) is 2.94. The number of rotatable bonds is 7. The Kier molecular flexibility index (Phi) is 8.23. The van der Waals surface area contributed by atoms with Crippen LogP contribution in [-0.4, -0.2) is 70.2 Å². The number of halogens is 1. The van der Waals surface area contributed by atoms with Crippen LogP contribution in [0.25, 0.3) is 0 Å². The maximum Gasteiger partial charge on any atom is 0.243 e. The van der Waals surface area contributed by atoms with E-state index in [0.717, 1.165) is 37.5 Å². The van der Waals surface area contributed by atoms with Gasteiger partial charge in [0.05, 0.1) is 12.8 Å². The maximum absolute atomic E-state index is 11.9. The van der Waals surface area contributed by atoms with Gasteiger partial charge in [-0.2, -0.15) is 0 Å². The number of nitrogens with one attached hydrogen (secondary N) is 2. The van der Waals surface area contributed by atoms with Crippen molar-refractivity contribution in [1.82, 2.24) is 15.5 Å². The molecule has 0 aliphatic carbocycles. The Labute approximate surface area is 173 Å². The Bertz CT molecular complexity index is 693. The van der Waals surface area contributed by atoms with E-state index in [1.807, 2.05) is 18.2 Å². The van der Waals surface area contributed by atoms with Gasteiger partial charge in [0, 0.05) is 44.8 Å². The number of carbonyl (C=O) groups excluding carboxylic acids is 1. The van der Waals surface area contributed by atoms with Gasteiger partial charge in [-0.05, 0) is 30.5 Å². The number of ether oxygens (including phenoxy) is 1. The highest BCUT2D eigenvalue weighted by Crippen LogP contribution is 2.33. The van der Waals surface area contributed by atoms with Crippen LogP contribution in [0.5, 0.6) is 5.75 Å². The number of amides is 1. The third kappa shape index (κ3) is 6.48. The average Bonchev–Trinajstić information content (AvgIpc) is 3.11. The summed E-state index contributed by atoms with van der Waals surface area (Å²) in [6.45, 7) is 6.89. The molecule has 1 heterocycles. The van der Waals surface area contributed by atoms with Crippen LogP contribution >= 0.6 is 11.6 Å². The van der Waals surface area contributed by atoms with Gasteiger partial charge in [-0.25, -0.2) is 4.99 Å². The fraction of sp³-hybridized carbons (Fsp3) is 0.600. The summed E-state index contributed by atoms with van der Waals surface area (Å²) >= 11 is 6.18. The molecule has 1 aliphatic rings. The minimum Gasteiger partial charge on any atom is -0.495 e. The number of benzene rings is 1. The van der Waals surface area contributed by atoms with Crippen LogP contribution in [0.1, 0.15) is 20.3 Å². The molecule has 2 N–H and O–H groups in total. The lowest BCUT2D eigenvalue weighted by Crippen LogP contribution is -2.46. The number of hydrogen-bond acceptors (Lipinski definition) is 4. The van der Waals surface area contributed by atoms with Crippen molar-refractivity contribution < 1.29 is 9.53 Å². The number of anilines is 1. The van der Waals surface area contributed by atoms with Crippen molar-refractivity contribution in [3.63, 3.8) is 0 Å². The lowest BCUT2D eigenvalue weighted by Gasteiger charge is -2.23. The molecule has 7 nitrogen and oxygen atoms in total. The number of nitrogens with zero attached hydrogens (tertiary/aromatic N) is 3. The standard InChI is InChI=1S/C20H32ClN5O2/c1-14(2)11-22-20(23-12-19(27)25(3)4)24-16-8-9-26(13-16)17-10-15(21)6-7-18(17)28-5/h6-7,10,14,16H,8-9,11-13H2,1-5H3,(H2,22,23,24). The van der Waals surface area contributed by atoms with Gasteiger partial charge in [-0.15, -0.1) is 0 Å². The number of aliphatic imine (C=N–C) groups is 1. The lowest BCUT2D eigenvalue weighted by molar-refractivity contribution is -0.127. The number of likely N-dealkylation sites (N-methyl/N-ethyl adjacent to an activating group) is 1. The van der Waals surface area contributed by atoms with E-state index in [0.29, 0.717) is 16.9 Å². The number of hydrogen-bond donors (Lipinski definition) is 2. The van der Waals surface area contributed by atoms with Crippen LogP contribution in [-0.2, 0) is 4.79 Å². The first kappa shape index (κ1) is 22.1. The maximum atomic E-state index is 11.9. The molecule has 1 aromatic rings. The number of carbonyl (C=O) groups is 1. The summed E-state index contributed by atoms with van der Waals surface area (Å²) in [5.41, 5.74) is 0.996. The van der Waals surface area contributed by atoms with Gasteiger partial charge >= 0.3 is 0 Å². The van der Waals surface area contributed by atoms with Crippen molar-refractivity contribution in [3.05, 3.63) is 23.2 Å². The molecule has 0 bridgehead atoms. The fourth-order valence-corrected chi connectivity index (χ4v) is 3.11. The van der Waals surface area contributed by atoms with Crippen molar-refractivity contribution in [1.29, 1.82) is 0 Å². The Morgan fingerprint density at radius 1 is 1.43 bits per heavy atom. The Hall–Kier alpha value is -2.15. The average molecular weight is 410 g/mol. The molecule has 1 atom stereocenters. The Morgan fingerprint density at radius 2 is 2.18 bits per heavy atom. The van der Waals surface area contributed by atoms with E-state index in [4.69, 9.17) is 16.3 Å². The number of guanidine groups is 1. The summed E-state index contributed by atoms with van der Waals surface area (Å²) in [7, 11) is 5.14. The lowest BCUT2D eigenvalue weighted by atomic mass is 10.2. The second kappa shape index (κ2) is 10.4. The monoisotopic (exact) mass is 409 g/mol. The molecular weight excluding hydrogens is 378 g/mol. The molecule has 1 unspecified atom stereocenters. The largest absolute Gasteiger partial charge is 0.495 e. The minimum atomic E-state index is -0.0256.